The fourth-order valence-electron chi connectivity index (χ4n) is 1.63. The van der Waals surface area contributed by atoms with Crippen LogP contribution in [0.4, 0.5) is 0 Å². The highest BCUT2D eigenvalue weighted by molar-refractivity contribution is 7.90. The van der Waals surface area contributed by atoms with E-state index in [2.05, 4.69) is 0 Å². The highest BCUT2D eigenvalue weighted by Crippen LogP contribution is 2.22. The second-order valence-corrected chi connectivity index (χ2v) is 6.03. The number of methoxy groups -OCH3 is 1. The molecule has 0 aliphatic carbocycles. The van der Waals surface area contributed by atoms with Crippen LogP contribution in [0.5, 0.6) is 5.75 Å². The van der Waals surface area contributed by atoms with Crippen molar-refractivity contribution in [1.82, 2.24) is 0 Å². The first kappa shape index (κ1) is 14.1. The van der Waals surface area contributed by atoms with E-state index < -0.39 is 21.6 Å². The van der Waals surface area contributed by atoms with E-state index in [9.17, 15) is 13.2 Å². The topological polar surface area (TPSA) is 93.8 Å². The molecule has 1 aromatic heterocycles. The van der Waals surface area contributed by atoms with Gasteiger partial charge in [0, 0.05) is 0 Å². The predicted octanol–water partition coefficient (Wildman–Crippen LogP) is 1.96. The van der Waals surface area contributed by atoms with Crippen LogP contribution in [0.2, 0.25) is 0 Å². The zero-order chi connectivity index (χ0) is 14.8. The van der Waals surface area contributed by atoms with E-state index in [0.717, 1.165) is 6.26 Å². The van der Waals surface area contributed by atoms with Gasteiger partial charge in [-0.3, -0.25) is 0 Å². The van der Waals surface area contributed by atoms with Crippen molar-refractivity contribution in [2.24, 2.45) is 0 Å². The Hall–Kier alpha value is -2.28. The summed E-state index contributed by atoms with van der Waals surface area (Å²) in [6.45, 7) is 0. The first-order valence-corrected chi connectivity index (χ1v) is 7.25. The minimum Gasteiger partial charge on any atom is -0.497 e. The van der Waals surface area contributed by atoms with E-state index in [-0.39, 0.29) is 16.2 Å². The van der Waals surface area contributed by atoms with Crippen LogP contribution in [0.1, 0.15) is 16.1 Å². The van der Waals surface area contributed by atoms with Crippen molar-refractivity contribution in [3.8, 4) is 5.75 Å². The summed E-state index contributed by atoms with van der Waals surface area (Å²) >= 11 is 0. The van der Waals surface area contributed by atoms with E-state index in [1.807, 2.05) is 0 Å². The van der Waals surface area contributed by atoms with E-state index in [0.29, 0.717) is 5.75 Å². The Labute approximate surface area is 115 Å². The molecule has 0 fully saturated rings. The van der Waals surface area contributed by atoms with E-state index in [4.69, 9.17) is 14.3 Å². The fourth-order valence-corrected chi connectivity index (χ4v) is 2.91. The van der Waals surface area contributed by atoms with Gasteiger partial charge in [0.2, 0.25) is 0 Å². The maximum atomic E-state index is 12.2. The van der Waals surface area contributed by atoms with Crippen molar-refractivity contribution in [3.63, 3.8) is 0 Å². The van der Waals surface area contributed by atoms with Crippen LogP contribution in [0, 0.1) is 0 Å². The number of hydrogen-bond donors (Lipinski definition) is 1. The molecule has 6 nitrogen and oxygen atoms in total. The molecule has 7 heteroatoms. The lowest BCUT2D eigenvalue weighted by Crippen LogP contribution is -2.04. The van der Waals surface area contributed by atoms with Crippen molar-refractivity contribution >= 4 is 15.8 Å². The van der Waals surface area contributed by atoms with E-state index >= 15 is 0 Å². The minimum absolute atomic E-state index is 0.0743. The smallest absolute Gasteiger partial charge is 0.338 e. The van der Waals surface area contributed by atoms with E-state index in [1.54, 1.807) is 12.1 Å². The highest BCUT2D eigenvalue weighted by Gasteiger charge is 2.19. The Morgan fingerprint density at radius 2 is 2.10 bits per heavy atom. The van der Waals surface area contributed by atoms with Gasteiger partial charge in [-0.15, -0.1) is 0 Å². The second kappa shape index (κ2) is 5.38. The Bertz CT molecular complexity index is 729. The Balaban J connectivity index is 2.27. The summed E-state index contributed by atoms with van der Waals surface area (Å²) in [4.78, 5) is 10.8. The summed E-state index contributed by atoms with van der Waals surface area (Å²) in [6.07, 6.45) is 1.01. The molecule has 20 heavy (non-hydrogen) atoms. The number of furan rings is 1. The summed E-state index contributed by atoms with van der Waals surface area (Å²) in [5.74, 6) is -1.08. The summed E-state index contributed by atoms with van der Waals surface area (Å²) in [5, 5.41) is 8.76. The third-order valence-electron chi connectivity index (χ3n) is 2.63. The van der Waals surface area contributed by atoms with Gasteiger partial charge in [0.05, 0.1) is 17.6 Å². The maximum absolute atomic E-state index is 12.2. The normalized spacial score (nSPS) is 11.2. The number of sulfone groups is 1. The average Bonchev–Trinajstić information content (AvgIpc) is 2.87. The van der Waals surface area contributed by atoms with Gasteiger partial charge in [-0.25, -0.2) is 13.2 Å². The number of ether oxygens (including phenoxy) is 1. The SMILES string of the molecule is COc1cccc(S(=O)(=O)Cc2cc(C(=O)O)co2)c1. The third-order valence-corrected chi connectivity index (χ3v) is 4.27. The zero-order valence-electron chi connectivity index (χ0n) is 10.6. The molecule has 0 saturated heterocycles. The molecule has 2 rings (SSSR count). The van der Waals surface area contributed by atoms with Crippen LogP contribution in [0.3, 0.4) is 0 Å². The molecule has 1 aromatic carbocycles. The standard InChI is InChI=1S/C13H12O6S/c1-18-10-3-2-4-12(6-10)20(16,17)8-11-5-9(7-19-11)13(14)15/h2-7H,8H2,1H3,(H,14,15). The van der Waals surface area contributed by atoms with Crippen LogP contribution in [0.15, 0.2) is 45.9 Å². The molecule has 0 atom stereocenters. The molecule has 1 N–H and O–H groups in total. The van der Waals surface area contributed by atoms with Crippen molar-refractivity contribution in [1.29, 1.82) is 0 Å². The average molecular weight is 296 g/mol. The molecule has 0 aliphatic rings. The predicted molar refractivity (Wildman–Crippen MR) is 69.6 cm³/mol. The van der Waals surface area contributed by atoms with Crippen LogP contribution in [0.25, 0.3) is 0 Å². The van der Waals surface area contributed by atoms with Crippen molar-refractivity contribution in [2.75, 3.05) is 7.11 Å². The highest BCUT2D eigenvalue weighted by atomic mass is 32.2. The molecule has 106 valence electrons. The number of carbonyl (C=O) groups is 1. The summed E-state index contributed by atoms with van der Waals surface area (Å²) in [5.41, 5.74) is -0.0826. The van der Waals surface area contributed by atoms with Gasteiger partial charge in [-0.05, 0) is 24.3 Å². The number of carboxylic acids is 1. The molecular weight excluding hydrogens is 284 g/mol. The molecular formula is C13H12O6S. The first-order valence-electron chi connectivity index (χ1n) is 5.60. The zero-order valence-corrected chi connectivity index (χ0v) is 11.4. The first-order chi connectivity index (χ1) is 9.42. The summed E-state index contributed by atoms with van der Waals surface area (Å²) < 4.78 is 34.3. The van der Waals surface area contributed by atoms with Crippen molar-refractivity contribution in [2.45, 2.75) is 10.6 Å². The molecule has 0 amide bonds. The van der Waals surface area contributed by atoms with Crippen LogP contribution >= 0.6 is 0 Å². The monoisotopic (exact) mass is 296 g/mol. The van der Waals surface area contributed by atoms with Crippen molar-refractivity contribution < 1.29 is 27.5 Å². The molecule has 0 aliphatic heterocycles. The molecule has 1 heterocycles. The maximum Gasteiger partial charge on any atom is 0.338 e. The molecule has 0 spiro atoms. The molecule has 0 radical (unpaired) electrons. The van der Waals surface area contributed by atoms with Gasteiger partial charge in [0.25, 0.3) is 0 Å². The van der Waals surface area contributed by atoms with Gasteiger partial charge in [-0.1, -0.05) is 6.07 Å². The summed E-state index contributed by atoms with van der Waals surface area (Å²) in [7, 11) is -2.18. The van der Waals surface area contributed by atoms with E-state index in [1.165, 1.54) is 25.3 Å². The minimum atomic E-state index is -3.62. The molecule has 0 saturated carbocycles. The quantitative estimate of drug-likeness (QED) is 0.906. The van der Waals surface area contributed by atoms with Gasteiger partial charge in [-0.2, -0.15) is 0 Å². The van der Waals surface area contributed by atoms with Gasteiger partial charge >= 0.3 is 5.97 Å². The van der Waals surface area contributed by atoms with Crippen LogP contribution < -0.4 is 4.74 Å². The Morgan fingerprint density at radius 1 is 1.35 bits per heavy atom. The lowest BCUT2D eigenvalue weighted by atomic mass is 10.3. The molecule has 0 unspecified atom stereocenters. The second-order valence-electron chi connectivity index (χ2n) is 4.04. The van der Waals surface area contributed by atoms with Gasteiger partial charge < -0.3 is 14.3 Å². The Kier molecular flexibility index (Phi) is 3.80. The summed E-state index contributed by atoms with van der Waals surface area (Å²) in [6, 6.07) is 7.24. The lowest BCUT2D eigenvalue weighted by molar-refractivity contribution is 0.0696. The number of benzene rings is 1. The number of rotatable bonds is 5. The van der Waals surface area contributed by atoms with Gasteiger partial charge in [0.15, 0.2) is 9.84 Å². The molecule has 0 bridgehead atoms. The fraction of sp³-hybridized carbons (Fsp3) is 0.154. The number of aromatic carboxylic acids is 1. The van der Waals surface area contributed by atoms with Crippen molar-refractivity contribution in [3.05, 3.63) is 47.9 Å². The van der Waals surface area contributed by atoms with Crippen LogP contribution in [-0.2, 0) is 15.6 Å². The third kappa shape index (κ3) is 3.00. The van der Waals surface area contributed by atoms with Crippen LogP contribution in [-0.4, -0.2) is 26.6 Å². The Morgan fingerprint density at radius 3 is 2.70 bits per heavy atom. The number of carboxylic acid groups (broad SMARTS) is 1. The molecule has 2 aromatic rings. The van der Waals surface area contributed by atoms with Gasteiger partial charge in [0.1, 0.15) is 23.5 Å². The largest absolute Gasteiger partial charge is 0.497 e. The number of hydrogen-bond acceptors (Lipinski definition) is 5. The lowest BCUT2D eigenvalue weighted by Gasteiger charge is -2.04.